The fourth-order valence-corrected chi connectivity index (χ4v) is 3.72. The summed E-state index contributed by atoms with van der Waals surface area (Å²) in [4.78, 5) is 12.1. The predicted molar refractivity (Wildman–Crippen MR) is 85.5 cm³/mol. The van der Waals surface area contributed by atoms with Crippen LogP contribution in [0, 0.1) is 0 Å². The van der Waals surface area contributed by atoms with Crippen molar-refractivity contribution in [2.24, 2.45) is 0 Å². The molecule has 3 nitrogen and oxygen atoms in total. The van der Waals surface area contributed by atoms with Crippen LogP contribution in [0.1, 0.15) is 43.0 Å². The molecule has 3 rings (SSSR count). The monoisotopic (exact) mass is 290 g/mol. The minimum Gasteiger partial charge on any atom is -0.381 e. The van der Waals surface area contributed by atoms with Crippen molar-refractivity contribution >= 4 is 23.4 Å². The van der Waals surface area contributed by atoms with Gasteiger partial charge in [-0.2, -0.15) is 11.8 Å². The number of carbonyl (C=O) groups is 1. The number of benzene rings is 1. The SMILES string of the molecule is CC1SCCCC1Nc1cccc(C(=O)NC2CC2)c1. The van der Waals surface area contributed by atoms with Crippen molar-refractivity contribution in [2.75, 3.05) is 11.1 Å². The fourth-order valence-electron chi connectivity index (χ4n) is 2.57. The average Bonchev–Trinajstić information content (AvgIpc) is 3.26. The molecule has 2 fully saturated rings. The second-order valence-electron chi connectivity index (χ2n) is 5.80. The lowest BCUT2D eigenvalue weighted by atomic mass is 10.1. The third-order valence-corrected chi connectivity index (χ3v) is 5.37. The lowest BCUT2D eigenvalue weighted by molar-refractivity contribution is 0.0951. The minimum absolute atomic E-state index is 0.0576. The first-order chi connectivity index (χ1) is 9.72. The van der Waals surface area contributed by atoms with Crippen LogP contribution < -0.4 is 10.6 Å². The second kappa shape index (κ2) is 6.08. The summed E-state index contributed by atoms with van der Waals surface area (Å²) in [6.45, 7) is 2.28. The number of nitrogens with one attached hydrogen (secondary N) is 2. The van der Waals surface area contributed by atoms with Gasteiger partial charge in [-0.15, -0.1) is 0 Å². The lowest BCUT2D eigenvalue weighted by Crippen LogP contribution is -2.33. The summed E-state index contributed by atoms with van der Waals surface area (Å²) in [5, 5.41) is 7.27. The molecular weight excluding hydrogens is 268 g/mol. The van der Waals surface area contributed by atoms with Gasteiger partial charge in [0.2, 0.25) is 0 Å². The Labute approximate surface area is 124 Å². The van der Waals surface area contributed by atoms with Gasteiger partial charge in [-0.3, -0.25) is 4.79 Å². The molecule has 1 aliphatic heterocycles. The zero-order valence-electron chi connectivity index (χ0n) is 11.9. The van der Waals surface area contributed by atoms with Crippen molar-refractivity contribution < 1.29 is 4.79 Å². The number of anilines is 1. The molecular formula is C16H22N2OS. The van der Waals surface area contributed by atoms with Crippen LogP contribution in [0.15, 0.2) is 24.3 Å². The molecule has 4 heteroatoms. The van der Waals surface area contributed by atoms with Crippen molar-refractivity contribution in [3.8, 4) is 0 Å². The zero-order valence-corrected chi connectivity index (χ0v) is 12.7. The summed E-state index contributed by atoms with van der Waals surface area (Å²) in [7, 11) is 0. The van der Waals surface area contributed by atoms with Gasteiger partial charge < -0.3 is 10.6 Å². The van der Waals surface area contributed by atoms with E-state index in [9.17, 15) is 4.79 Å². The maximum atomic E-state index is 12.1. The van der Waals surface area contributed by atoms with E-state index in [0.717, 1.165) is 24.1 Å². The third-order valence-electron chi connectivity index (χ3n) is 4.00. The summed E-state index contributed by atoms with van der Waals surface area (Å²) in [5.41, 5.74) is 1.82. The van der Waals surface area contributed by atoms with Gasteiger partial charge in [-0.1, -0.05) is 13.0 Å². The molecule has 1 aromatic rings. The smallest absolute Gasteiger partial charge is 0.251 e. The van der Waals surface area contributed by atoms with E-state index in [-0.39, 0.29) is 5.91 Å². The van der Waals surface area contributed by atoms with E-state index >= 15 is 0 Å². The second-order valence-corrected chi connectivity index (χ2v) is 7.28. The topological polar surface area (TPSA) is 41.1 Å². The summed E-state index contributed by atoms with van der Waals surface area (Å²) >= 11 is 2.03. The molecule has 20 heavy (non-hydrogen) atoms. The lowest BCUT2D eigenvalue weighted by Gasteiger charge is -2.30. The Morgan fingerprint density at radius 1 is 1.30 bits per heavy atom. The highest BCUT2D eigenvalue weighted by molar-refractivity contribution is 8.00. The van der Waals surface area contributed by atoms with Crippen LogP contribution in [0.4, 0.5) is 5.69 Å². The molecule has 0 radical (unpaired) electrons. The fraction of sp³-hybridized carbons (Fsp3) is 0.562. The summed E-state index contributed by atoms with van der Waals surface area (Å²) in [5.74, 6) is 1.32. The van der Waals surface area contributed by atoms with Gasteiger partial charge >= 0.3 is 0 Å². The number of carbonyl (C=O) groups excluding carboxylic acids is 1. The van der Waals surface area contributed by atoms with Gasteiger partial charge in [0.1, 0.15) is 0 Å². The first kappa shape index (κ1) is 13.8. The first-order valence-electron chi connectivity index (χ1n) is 7.51. The number of hydrogen-bond acceptors (Lipinski definition) is 3. The van der Waals surface area contributed by atoms with Crippen molar-refractivity contribution in [1.29, 1.82) is 0 Å². The largest absolute Gasteiger partial charge is 0.381 e. The standard InChI is InChI=1S/C16H22N2OS/c1-11-15(6-3-9-20-11)17-14-5-2-4-12(10-14)16(19)18-13-7-8-13/h2,4-5,10-11,13,15,17H,3,6-9H2,1H3,(H,18,19). The molecule has 108 valence electrons. The Morgan fingerprint density at radius 3 is 2.90 bits per heavy atom. The van der Waals surface area contributed by atoms with E-state index < -0.39 is 0 Å². The van der Waals surface area contributed by atoms with Gasteiger partial charge in [0.25, 0.3) is 5.91 Å². The van der Waals surface area contributed by atoms with Crippen molar-refractivity contribution in [2.45, 2.75) is 49.9 Å². The van der Waals surface area contributed by atoms with Crippen LogP contribution in [-0.2, 0) is 0 Å². The van der Waals surface area contributed by atoms with Crippen LogP contribution >= 0.6 is 11.8 Å². The Kier molecular flexibility index (Phi) is 4.20. The molecule has 2 N–H and O–H groups in total. The first-order valence-corrected chi connectivity index (χ1v) is 8.56. The maximum Gasteiger partial charge on any atom is 0.251 e. The molecule has 2 aliphatic rings. The normalized spacial score (nSPS) is 26.1. The van der Waals surface area contributed by atoms with Crippen molar-refractivity contribution in [1.82, 2.24) is 5.32 Å². The molecule has 1 saturated heterocycles. The highest BCUT2D eigenvalue weighted by Crippen LogP contribution is 2.28. The molecule has 1 aromatic carbocycles. The Bertz CT molecular complexity index is 487. The Balaban J connectivity index is 1.65. The summed E-state index contributed by atoms with van der Waals surface area (Å²) in [6, 6.07) is 8.81. The molecule has 2 unspecified atom stereocenters. The van der Waals surface area contributed by atoms with Gasteiger partial charge in [-0.25, -0.2) is 0 Å². The quantitative estimate of drug-likeness (QED) is 0.894. The van der Waals surface area contributed by atoms with E-state index in [1.807, 2.05) is 30.0 Å². The van der Waals surface area contributed by atoms with E-state index in [4.69, 9.17) is 0 Å². The highest BCUT2D eigenvalue weighted by Gasteiger charge is 2.24. The Morgan fingerprint density at radius 2 is 2.15 bits per heavy atom. The van der Waals surface area contributed by atoms with E-state index in [1.54, 1.807) is 0 Å². The maximum absolute atomic E-state index is 12.1. The molecule has 0 spiro atoms. The van der Waals surface area contributed by atoms with Gasteiger partial charge in [0.15, 0.2) is 0 Å². The molecule has 1 saturated carbocycles. The average molecular weight is 290 g/mol. The van der Waals surface area contributed by atoms with Crippen LogP contribution in [0.3, 0.4) is 0 Å². The summed E-state index contributed by atoms with van der Waals surface area (Å²) in [6.07, 6.45) is 4.74. The van der Waals surface area contributed by atoms with Crippen molar-refractivity contribution in [3.63, 3.8) is 0 Å². The number of rotatable bonds is 4. The predicted octanol–water partition coefficient (Wildman–Crippen LogP) is 3.27. The van der Waals surface area contributed by atoms with E-state index in [2.05, 4.69) is 23.6 Å². The number of amides is 1. The molecule has 1 aliphatic carbocycles. The molecule has 0 bridgehead atoms. The van der Waals surface area contributed by atoms with Gasteiger partial charge in [0.05, 0.1) is 0 Å². The van der Waals surface area contributed by atoms with Crippen molar-refractivity contribution in [3.05, 3.63) is 29.8 Å². The van der Waals surface area contributed by atoms with Crippen LogP contribution in [0.5, 0.6) is 0 Å². The molecule has 0 aromatic heterocycles. The van der Waals surface area contributed by atoms with Crippen LogP contribution in [0.25, 0.3) is 0 Å². The Hall–Kier alpha value is -1.16. The van der Waals surface area contributed by atoms with E-state index in [0.29, 0.717) is 17.3 Å². The number of hydrogen-bond donors (Lipinski definition) is 2. The van der Waals surface area contributed by atoms with E-state index in [1.165, 1.54) is 18.6 Å². The molecule has 2 atom stereocenters. The molecule has 1 amide bonds. The molecule has 1 heterocycles. The number of thioether (sulfide) groups is 1. The third kappa shape index (κ3) is 3.48. The van der Waals surface area contributed by atoms with Gasteiger partial charge in [-0.05, 0) is 49.6 Å². The zero-order chi connectivity index (χ0) is 13.9. The van der Waals surface area contributed by atoms with Crippen LogP contribution in [-0.4, -0.2) is 29.0 Å². The minimum atomic E-state index is 0.0576. The van der Waals surface area contributed by atoms with Gasteiger partial charge in [0, 0.05) is 28.6 Å². The highest BCUT2D eigenvalue weighted by atomic mass is 32.2. The van der Waals surface area contributed by atoms with Crippen LogP contribution in [0.2, 0.25) is 0 Å². The summed E-state index contributed by atoms with van der Waals surface area (Å²) < 4.78 is 0.